The minimum Gasteiger partial charge on any atom is -0.497 e. The number of para-hydroxylation sites is 1. The maximum Gasteiger partial charge on any atom is 0.217 e. The predicted octanol–water partition coefficient (Wildman–Crippen LogP) is 5.61. The van der Waals surface area contributed by atoms with Crippen molar-refractivity contribution in [3.05, 3.63) is 82.4 Å². The molecule has 2 aliphatic heterocycles. The average Bonchev–Trinajstić information content (AvgIpc) is 3.29. The molecule has 0 saturated carbocycles. The summed E-state index contributed by atoms with van der Waals surface area (Å²) in [4.78, 5) is 0. The molecule has 6 nitrogen and oxygen atoms in total. The van der Waals surface area contributed by atoms with E-state index in [9.17, 15) is 0 Å². The Morgan fingerprint density at radius 1 is 0.906 bits per heavy atom. The number of methoxy groups -OCH3 is 3. The van der Waals surface area contributed by atoms with Gasteiger partial charge in [0.05, 0.1) is 38.6 Å². The van der Waals surface area contributed by atoms with E-state index in [2.05, 4.69) is 6.07 Å². The Labute approximate surface area is 191 Å². The first-order chi connectivity index (χ1) is 15.6. The summed E-state index contributed by atoms with van der Waals surface area (Å²) in [6.07, 6.45) is 0.245. The van der Waals surface area contributed by atoms with Gasteiger partial charge >= 0.3 is 0 Å². The second-order valence-electron chi connectivity index (χ2n) is 7.61. The molecule has 0 aromatic heterocycles. The third kappa shape index (κ3) is 3.41. The molecular formula is C25H23ClN2O4. The summed E-state index contributed by atoms with van der Waals surface area (Å²) >= 11 is 6.09. The van der Waals surface area contributed by atoms with Crippen molar-refractivity contribution in [1.82, 2.24) is 5.01 Å². The van der Waals surface area contributed by atoms with E-state index in [-0.39, 0.29) is 6.04 Å². The van der Waals surface area contributed by atoms with Crippen LogP contribution in [-0.2, 0) is 0 Å². The highest BCUT2D eigenvalue weighted by molar-refractivity contribution is 6.30. The summed E-state index contributed by atoms with van der Waals surface area (Å²) in [5.74, 6) is 2.80. The first-order valence-corrected chi connectivity index (χ1v) is 10.7. The lowest BCUT2D eigenvalue weighted by Gasteiger charge is -2.39. The number of ether oxygens (including phenoxy) is 4. The van der Waals surface area contributed by atoms with Crippen LogP contribution in [-0.4, -0.2) is 32.0 Å². The normalized spacial score (nSPS) is 18.9. The second kappa shape index (κ2) is 8.28. The third-order valence-corrected chi connectivity index (χ3v) is 6.14. The highest BCUT2D eigenvalue weighted by Crippen LogP contribution is 2.52. The molecule has 3 aromatic carbocycles. The molecule has 32 heavy (non-hydrogen) atoms. The standard InChI is InChI=1S/C25H23ClN2O4/c1-29-17-11-12-19(23(13-17)31-3)25-28-21(18-5-4-6-22(30-2)24(18)32-25)14-20(27-28)15-7-9-16(26)10-8-15/h4-13,21,25H,14H2,1-3H3/t21-,25+/m1/s1. The lowest BCUT2D eigenvalue weighted by molar-refractivity contribution is -0.0222. The molecule has 0 amide bonds. The van der Waals surface area contributed by atoms with Gasteiger partial charge in [0.25, 0.3) is 0 Å². The van der Waals surface area contributed by atoms with Crippen LogP contribution in [0.1, 0.15) is 35.4 Å². The van der Waals surface area contributed by atoms with E-state index in [4.69, 9.17) is 35.6 Å². The SMILES string of the molecule is COc1ccc([C@@H]2Oc3c(OC)cccc3[C@H]3CC(c4ccc(Cl)cc4)=NN32)c(OC)c1. The fourth-order valence-electron chi connectivity index (χ4n) is 4.29. The van der Waals surface area contributed by atoms with Crippen molar-refractivity contribution in [1.29, 1.82) is 0 Å². The predicted molar refractivity (Wildman–Crippen MR) is 123 cm³/mol. The van der Waals surface area contributed by atoms with Crippen molar-refractivity contribution < 1.29 is 18.9 Å². The Balaban J connectivity index is 1.63. The van der Waals surface area contributed by atoms with Crippen molar-refractivity contribution in [3.8, 4) is 23.0 Å². The number of hydrogen-bond donors (Lipinski definition) is 0. The van der Waals surface area contributed by atoms with Crippen LogP contribution in [0.15, 0.2) is 65.8 Å². The minimum absolute atomic E-state index is 0.00339. The Kier molecular flexibility index (Phi) is 5.31. The molecule has 0 N–H and O–H groups in total. The number of nitrogens with zero attached hydrogens (tertiary/aromatic N) is 2. The number of hydrazone groups is 1. The van der Waals surface area contributed by atoms with Gasteiger partial charge in [0.2, 0.25) is 6.23 Å². The fourth-order valence-corrected chi connectivity index (χ4v) is 4.41. The molecule has 0 fully saturated rings. The molecule has 0 aliphatic carbocycles. The Morgan fingerprint density at radius 3 is 2.41 bits per heavy atom. The molecule has 0 bridgehead atoms. The van der Waals surface area contributed by atoms with E-state index in [1.165, 1.54) is 0 Å². The Morgan fingerprint density at radius 2 is 1.69 bits per heavy atom. The van der Waals surface area contributed by atoms with E-state index >= 15 is 0 Å². The van der Waals surface area contributed by atoms with Crippen molar-refractivity contribution in [3.63, 3.8) is 0 Å². The van der Waals surface area contributed by atoms with Crippen LogP contribution in [0.25, 0.3) is 0 Å². The molecule has 7 heteroatoms. The third-order valence-electron chi connectivity index (χ3n) is 5.88. The second-order valence-corrected chi connectivity index (χ2v) is 8.05. The van der Waals surface area contributed by atoms with E-state index < -0.39 is 6.23 Å². The molecular weight excluding hydrogens is 428 g/mol. The van der Waals surface area contributed by atoms with Crippen LogP contribution in [0.3, 0.4) is 0 Å². The molecule has 5 rings (SSSR count). The number of halogens is 1. The summed E-state index contributed by atoms with van der Waals surface area (Å²) in [5, 5.41) is 7.70. The van der Waals surface area contributed by atoms with Crippen molar-refractivity contribution in [2.75, 3.05) is 21.3 Å². The molecule has 2 heterocycles. The first kappa shape index (κ1) is 20.5. The van der Waals surface area contributed by atoms with Gasteiger partial charge in [-0.15, -0.1) is 0 Å². The topological polar surface area (TPSA) is 52.5 Å². The summed E-state index contributed by atoms with van der Waals surface area (Å²) in [6.45, 7) is 0. The van der Waals surface area contributed by atoms with Gasteiger partial charge in [0, 0.05) is 23.1 Å². The van der Waals surface area contributed by atoms with Crippen LogP contribution in [0.5, 0.6) is 23.0 Å². The number of hydrogen-bond acceptors (Lipinski definition) is 6. The van der Waals surface area contributed by atoms with E-state index in [0.29, 0.717) is 22.3 Å². The van der Waals surface area contributed by atoms with Gasteiger partial charge in [-0.2, -0.15) is 5.10 Å². The van der Waals surface area contributed by atoms with Crippen LogP contribution in [0.2, 0.25) is 5.02 Å². The van der Waals surface area contributed by atoms with Crippen molar-refractivity contribution in [2.24, 2.45) is 5.10 Å². The van der Waals surface area contributed by atoms with Crippen LogP contribution in [0, 0.1) is 0 Å². The van der Waals surface area contributed by atoms with Gasteiger partial charge in [0.15, 0.2) is 11.5 Å². The number of benzene rings is 3. The van der Waals surface area contributed by atoms with E-state index in [1.54, 1.807) is 21.3 Å². The largest absolute Gasteiger partial charge is 0.497 e. The van der Waals surface area contributed by atoms with Gasteiger partial charge < -0.3 is 18.9 Å². The molecule has 0 radical (unpaired) electrons. The molecule has 0 unspecified atom stereocenters. The van der Waals surface area contributed by atoms with Gasteiger partial charge in [-0.25, -0.2) is 5.01 Å². The molecule has 0 saturated heterocycles. The van der Waals surface area contributed by atoms with Crippen LogP contribution >= 0.6 is 11.6 Å². The highest BCUT2D eigenvalue weighted by Gasteiger charge is 2.43. The zero-order valence-corrected chi connectivity index (χ0v) is 18.8. The summed E-state index contributed by atoms with van der Waals surface area (Å²) in [7, 11) is 4.92. The Hall–Kier alpha value is -3.38. The van der Waals surface area contributed by atoms with Crippen molar-refractivity contribution in [2.45, 2.75) is 18.7 Å². The highest BCUT2D eigenvalue weighted by atomic mass is 35.5. The van der Waals surface area contributed by atoms with Crippen molar-refractivity contribution >= 4 is 17.3 Å². The van der Waals surface area contributed by atoms with E-state index in [0.717, 1.165) is 34.6 Å². The van der Waals surface area contributed by atoms with Gasteiger partial charge in [-0.05, 0) is 35.9 Å². The summed E-state index contributed by atoms with van der Waals surface area (Å²) < 4.78 is 23.2. The lowest BCUT2D eigenvalue weighted by Crippen LogP contribution is -2.34. The maximum atomic E-state index is 6.53. The summed E-state index contributed by atoms with van der Waals surface area (Å²) in [6, 6.07) is 19.4. The average molecular weight is 451 g/mol. The molecule has 2 atom stereocenters. The molecule has 164 valence electrons. The minimum atomic E-state index is -0.491. The number of rotatable bonds is 5. The molecule has 0 spiro atoms. The molecule has 2 aliphatic rings. The monoisotopic (exact) mass is 450 g/mol. The molecule has 3 aromatic rings. The van der Waals surface area contributed by atoms with Gasteiger partial charge in [-0.3, -0.25) is 0 Å². The smallest absolute Gasteiger partial charge is 0.217 e. The van der Waals surface area contributed by atoms with Gasteiger partial charge in [0.1, 0.15) is 11.5 Å². The van der Waals surface area contributed by atoms with Crippen LogP contribution < -0.4 is 18.9 Å². The maximum absolute atomic E-state index is 6.53. The van der Waals surface area contributed by atoms with Crippen LogP contribution in [0.4, 0.5) is 0 Å². The quantitative estimate of drug-likeness (QED) is 0.505. The Bertz CT molecular complexity index is 1180. The zero-order valence-electron chi connectivity index (χ0n) is 18.0. The number of fused-ring (bicyclic) bond motifs is 3. The van der Waals surface area contributed by atoms with E-state index in [1.807, 2.05) is 59.6 Å². The summed E-state index contributed by atoms with van der Waals surface area (Å²) in [5.41, 5.74) is 3.91. The van der Waals surface area contributed by atoms with Gasteiger partial charge in [-0.1, -0.05) is 35.9 Å². The fraction of sp³-hybridized carbons (Fsp3) is 0.240. The first-order valence-electron chi connectivity index (χ1n) is 10.3. The zero-order chi connectivity index (χ0) is 22.2. The lowest BCUT2D eigenvalue weighted by atomic mass is 9.95.